The Labute approximate surface area is 110 Å². The molecule has 0 aliphatic carbocycles. The summed E-state index contributed by atoms with van der Waals surface area (Å²) in [4.78, 5) is 11.2. The van der Waals surface area contributed by atoms with Gasteiger partial charge in [0.15, 0.2) is 6.61 Å². The summed E-state index contributed by atoms with van der Waals surface area (Å²) in [6.07, 6.45) is 0. The number of hydrogen-bond acceptors (Lipinski definition) is 3. The molecule has 0 aliphatic rings. The van der Waals surface area contributed by atoms with E-state index < -0.39 is 0 Å². The molecule has 0 saturated heterocycles. The van der Waals surface area contributed by atoms with E-state index in [-0.39, 0.29) is 18.6 Å². The molecule has 1 amide bonds. The second-order valence-corrected chi connectivity index (χ2v) is 4.57. The number of rotatable bonds is 5. The Morgan fingerprint density at radius 2 is 2.18 bits per heavy atom. The molecule has 94 valence electrons. The van der Waals surface area contributed by atoms with Gasteiger partial charge in [0.25, 0.3) is 5.91 Å². The van der Waals surface area contributed by atoms with Crippen molar-refractivity contribution in [2.45, 2.75) is 13.0 Å². The zero-order chi connectivity index (χ0) is 12.8. The zero-order valence-corrected chi connectivity index (χ0v) is 11.8. The third-order valence-electron chi connectivity index (χ3n) is 2.51. The number of halogens is 1. The highest BCUT2D eigenvalue weighted by molar-refractivity contribution is 9.10. The van der Waals surface area contributed by atoms with E-state index in [2.05, 4.69) is 26.6 Å². The van der Waals surface area contributed by atoms with Crippen LogP contribution in [0.2, 0.25) is 0 Å². The molecule has 0 fully saturated rings. The second-order valence-electron chi connectivity index (χ2n) is 3.65. The normalized spacial score (nSPS) is 12.0. The number of benzene rings is 1. The molecule has 0 aliphatic heterocycles. The van der Waals surface area contributed by atoms with Crippen molar-refractivity contribution in [2.24, 2.45) is 0 Å². The standard InChI is InChI=1S/C12H17BrN2O2/c1-8(14-2)10-5-4-9(13)6-11(10)17-7-12(16)15-3/h4-6,8,14H,7H2,1-3H3,(H,15,16). The molecule has 1 atom stereocenters. The van der Waals surface area contributed by atoms with Crippen molar-refractivity contribution in [1.82, 2.24) is 10.6 Å². The van der Waals surface area contributed by atoms with E-state index in [4.69, 9.17) is 4.74 Å². The van der Waals surface area contributed by atoms with Gasteiger partial charge in [0.1, 0.15) is 5.75 Å². The van der Waals surface area contributed by atoms with Gasteiger partial charge in [-0.2, -0.15) is 0 Å². The molecule has 0 heterocycles. The van der Waals surface area contributed by atoms with Crippen LogP contribution in [0.3, 0.4) is 0 Å². The first-order valence-electron chi connectivity index (χ1n) is 5.38. The van der Waals surface area contributed by atoms with Crippen molar-refractivity contribution in [2.75, 3.05) is 20.7 Å². The lowest BCUT2D eigenvalue weighted by Gasteiger charge is -2.16. The minimum atomic E-state index is -0.145. The molecule has 0 saturated carbocycles. The maximum atomic E-state index is 11.2. The fraction of sp³-hybridized carbons (Fsp3) is 0.417. The number of likely N-dealkylation sites (N-methyl/N-ethyl adjacent to an activating group) is 1. The van der Waals surface area contributed by atoms with E-state index in [1.165, 1.54) is 0 Å². The van der Waals surface area contributed by atoms with Crippen LogP contribution < -0.4 is 15.4 Å². The molecule has 0 radical (unpaired) electrons. The summed E-state index contributed by atoms with van der Waals surface area (Å²) >= 11 is 3.39. The van der Waals surface area contributed by atoms with Gasteiger partial charge in [0.2, 0.25) is 0 Å². The first kappa shape index (κ1) is 14.0. The molecule has 17 heavy (non-hydrogen) atoms. The maximum Gasteiger partial charge on any atom is 0.257 e. The first-order valence-corrected chi connectivity index (χ1v) is 6.18. The van der Waals surface area contributed by atoms with Crippen LogP contribution in [0, 0.1) is 0 Å². The Morgan fingerprint density at radius 1 is 1.47 bits per heavy atom. The molecule has 0 spiro atoms. The Morgan fingerprint density at radius 3 is 2.76 bits per heavy atom. The molecular formula is C12H17BrN2O2. The highest BCUT2D eigenvalue weighted by atomic mass is 79.9. The predicted octanol–water partition coefficient (Wildman–Crippen LogP) is 1.85. The van der Waals surface area contributed by atoms with Gasteiger partial charge in [0.05, 0.1) is 0 Å². The van der Waals surface area contributed by atoms with Crippen molar-refractivity contribution < 1.29 is 9.53 Å². The van der Waals surface area contributed by atoms with Crippen LogP contribution in [-0.2, 0) is 4.79 Å². The van der Waals surface area contributed by atoms with Gasteiger partial charge < -0.3 is 15.4 Å². The van der Waals surface area contributed by atoms with Gasteiger partial charge in [-0.3, -0.25) is 4.79 Å². The smallest absolute Gasteiger partial charge is 0.257 e. The van der Waals surface area contributed by atoms with Crippen molar-refractivity contribution in [3.8, 4) is 5.75 Å². The number of ether oxygens (including phenoxy) is 1. The van der Waals surface area contributed by atoms with Gasteiger partial charge in [0, 0.05) is 23.1 Å². The molecular weight excluding hydrogens is 284 g/mol. The average molecular weight is 301 g/mol. The third kappa shape index (κ3) is 4.02. The highest BCUT2D eigenvalue weighted by Crippen LogP contribution is 2.28. The average Bonchev–Trinajstić information content (AvgIpc) is 2.35. The molecule has 1 unspecified atom stereocenters. The van der Waals surface area contributed by atoms with E-state index in [0.717, 1.165) is 10.0 Å². The summed E-state index contributed by atoms with van der Waals surface area (Å²) in [5, 5.41) is 5.67. The fourth-order valence-corrected chi connectivity index (χ4v) is 1.70. The lowest BCUT2D eigenvalue weighted by Crippen LogP contribution is -2.25. The van der Waals surface area contributed by atoms with Crippen LogP contribution in [0.25, 0.3) is 0 Å². The topological polar surface area (TPSA) is 50.4 Å². The molecule has 0 aromatic heterocycles. The van der Waals surface area contributed by atoms with Gasteiger partial charge in [-0.1, -0.05) is 22.0 Å². The maximum absolute atomic E-state index is 11.2. The number of carbonyl (C=O) groups is 1. The first-order chi connectivity index (χ1) is 8.08. The Hall–Kier alpha value is -1.07. The Bertz CT molecular complexity index is 396. The molecule has 0 bridgehead atoms. The van der Waals surface area contributed by atoms with E-state index in [1.54, 1.807) is 7.05 Å². The van der Waals surface area contributed by atoms with Gasteiger partial charge in [-0.25, -0.2) is 0 Å². The van der Waals surface area contributed by atoms with E-state index in [0.29, 0.717) is 5.75 Å². The highest BCUT2D eigenvalue weighted by Gasteiger charge is 2.11. The molecule has 1 rings (SSSR count). The van der Waals surface area contributed by atoms with E-state index in [1.807, 2.05) is 32.2 Å². The summed E-state index contributed by atoms with van der Waals surface area (Å²) < 4.78 is 6.44. The lowest BCUT2D eigenvalue weighted by molar-refractivity contribution is -0.122. The second kappa shape index (κ2) is 6.61. The summed E-state index contributed by atoms with van der Waals surface area (Å²) in [6, 6.07) is 5.97. The largest absolute Gasteiger partial charge is 0.483 e. The minimum Gasteiger partial charge on any atom is -0.483 e. The number of nitrogens with one attached hydrogen (secondary N) is 2. The number of carbonyl (C=O) groups excluding carboxylic acids is 1. The van der Waals surface area contributed by atoms with Crippen molar-refractivity contribution in [1.29, 1.82) is 0 Å². The van der Waals surface area contributed by atoms with Crippen LogP contribution in [0.1, 0.15) is 18.5 Å². The Kier molecular flexibility index (Phi) is 5.44. The number of amides is 1. The van der Waals surface area contributed by atoms with Crippen LogP contribution in [-0.4, -0.2) is 26.6 Å². The van der Waals surface area contributed by atoms with Crippen LogP contribution in [0.5, 0.6) is 5.75 Å². The third-order valence-corrected chi connectivity index (χ3v) is 3.01. The SMILES string of the molecule is CNC(=O)COc1cc(Br)ccc1C(C)NC. The molecule has 5 heteroatoms. The molecule has 1 aromatic carbocycles. The van der Waals surface area contributed by atoms with Crippen LogP contribution in [0.15, 0.2) is 22.7 Å². The monoisotopic (exact) mass is 300 g/mol. The van der Waals surface area contributed by atoms with Gasteiger partial charge in [-0.05, 0) is 26.1 Å². The summed E-state index contributed by atoms with van der Waals surface area (Å²) in [6.45, 7) is 2.06. The van der Waals surface area contributed by atoms with Crippen LogP contribution >= 0.6 is 15.9 Å². The van der Waals surface area contributed by atoms with Crippen molar-refractivity contribution in [3.63, 3.8) is 0 Å². The van der Waals surface area contributed by atoms with E-state index >= 15 is 0 Å². The molecule has 4 nitrogen and oxygen atoms in total. The molecule has 1 aromatic rings. The van der Waals surface area contributed by atoms with E-state index in [9.17, 15) is 4.79 Å². The van der Waals surface area contributed by atoms with Gasteiger partial charge >= 0.3 is 0 Å². The predicted molar refractivity (Wildman–Crippen MR) is 71.2 cm³/mol. The fourth-order valence-electron chi connectivity index (χ4n) is 1.36. The van der Waals surface area contributed by atoms with Crippen molar-refractivity contribution in [3.05, 3.63) is 28.2 Å². The Balaban J connectivity index is 2.87. The van der Waals surface area contributed by atoms with Gasteiger partial charge in [-0.15, -0.1) is 0 Å². The van der Waals surface area contributed by atoms with Crippen LogP contribution in [0.4, 0.5) is 0 Å². The summed E-state index contributed by atoms with van der Waals surface area (Å²) in [5.41, 5.74) is 1.03. The minimum absolute atomic E-state index is 0.0242. The summed E-state index contributed by atoms with van der Waals surface area (Å²) in [5.74, 6) is 0.567. The quantitative estimate of drug-likeness (QED) is 0.873. The molecule has 2 N–H and O–H groups in total. The zero-order valence-electron chi connectivity index (χ0n) is 10.2. The van der Waals surface area contributed by atoms with Crippen molar-refractivity contribution >= 4 is 21.8 Å². The summed E-state index contributed by atoms with van der Waals surface area (Å²) in [7, 11) is 3.47. The lowest BCUT2D eigenvalue weighted by atomic mass is 10.1. The number of hydrogen-bond donors (Lipinski definition) is 2.